The summed E-state index contributed by atoms with van der Waals surface area (Å²) in [5.74, 6) is 0. The summed E-state index contributed by atoms with van der Waals surface area (Å²) in [5, 5.41) is 18.6. The predicted octanol–water partition coefficient (Wildman–Crippen LogP) is -1.31. The zero-order chi connectivity index (χ0) is 14.8. The molecular formula is C12H19BN2O4S. The highest BCUT2D eigenvalue weighted by Gasteiger charge is 2.31. The van der Waals surface area contributed by atoms with Crippen LogP contribution in [0.3, 0.4) is 0 Å². The highest BCUT2D eigenvalue weighted by Crippen LogP contribution is 2.16. The Kier molecular flexibility index (Phi) is 4.82. The molecule has 0 atom stereocenters. The summed E-state index contributed by atoms with van der Waals surface area (Å²) in [5.41, 5.74) is 0.0189. The fraction of sp³-hybridized carbons (Fsp3) is 0.500. The summed E-state index contributed by atoms with van der Waals surface area (Å²) in [7, 11) is -5.48. The Morgan fingerprint density at radius 1 is 1.15 bits per heavy atom. The Labute approximate surface area is 119 Å². The summed E-state index contributed by atoms with van der Waals surface area (Å²) < 4.78 is 26.6. The zero-order valence-electron chi connectivity index (χ0n) is 11.4. The molecule has 8 heteroatoms. The van der Waals surface area contributed by atoms with Gasteiger partial charge in [0.2, 0.25) is 10.0 Å². The molecule has 2 N–H and O–H groups in total. The summed E-state index contributed by atoms with van der Waals surface area (Å²) in [6.45, 7) is 5.18. The number of sulfonamides is 1. The number of hydrogen-bond donors (Lipinski definition) is 2. The summed E-state index contributed by atoms with van der Waals surface area (Å²) in [4.78, 5) is 2.15. The molecule has 1 aliphatic heterocycles. The Morgan fingerprint density at radius 3 is 2.30 bits per heavy atom. The number of piperazine rings is 1. The third-order valence-electron chi connectivity index (χ3n) is 3.59. The van der Waals surface area contributed by atoms with Gasteiger partial charge in [-0.25, -0.2) is 8.42 Å². The topological polar surface area (TPSA) is 81.1 Å². The van der Waals surface area contributed by atoms with E-state index in [9.17, 15) is 18.5 Å². The van der Waals surface area contributed by atoms with E-state index in [1.54, 1.807) is 12.1 Å². The highest BCUT2D eigenvalue weighted by molar-refractivity contribution is 7.89. The van der Waals surface area contributed by atoms with Crippen LogP contribution in [0.1, 0.15) is 6.92 Å². The van der Waals surface area contributed by atoms with Gasteiger partial charge in [-0.1, -0.05) is 25.1 Å². The van der Waals surface area contributed by atoms with Crippen LogP contribution in [0, 0.1) is 0 Å². The zero-order valence-corrected chi connectivity index (χ0v) is 12.3. The molecule has 0 aliphatic carbocycles. The third kappa shape index (κ3) is 3.04. The maximum atomic E-state index is 12.6. The van der Waals surface area contributed by atoms with Crippen LogP contribution in [-0.2, 0) is 10.0 Å². The molecule has 0 saturated carbocycles. The first-order valence-corrected chi connectivity index (χ1v) is 8.08. The molecule has 0 radical (unpaired) electrons. The molecule has 0 unspecified atom stereocenters. The van der Waals surface area contributed by atoms with Gasteiger partial charge in [0.1, 0.15) is 0 Å². The molecule has 6 nitrogen and oxygen atoms in total. The van der Waals surface area contributed by atoms with E-state index in [1.807, 2.05) is 6.92 Å². The number of nitrogens with zero attached hydrogens (tertiary/aromatic N) is 2. The molecule has 20 heavy (non-hydrogen) atoms. The van der Waals surface area contributed by atoms with E-state index in [-0.39, 0.29) is 10.4 Å². The fourth-order valence-electron chi connectivity index (χ4n) is 2.35. The van der Waals surface area contributed by atoms with Gasteiger partial charge in [0, 0.05) is 31.6 Å². The van der Waals surface area contributed by atoms with Gasteiger partial charge in [0.05, 0.1) is 4.90 Å². The molecule has 0 spiro atoms. The highest BCUT2D eigenvalue weighted by atomic mass is 32.2. The summed E-state index contributed by atoms with van der Waals surface area (Å²) in [6, 6.07) is 6.00. The van der Waals surface area contributed by atoms with Crippen molar-refractivity contribution in [2.45, 2.75) is 11.8 Å². The molecule has 1 aliphatic rings. The van der Waals surface area contributed by atoms with Crippen LogP contribution in [0.15, 0.2) is 29.2 Å². The Balaban J connectivity index is 2.28. The summed E-state index contributed by atoms with van der Waals surface area (Å²) in [6.07, 6.45) is 0. The van der Waals surface area contributed by atoms with Crippen LogP contribution in [-0.4, -0.2) is 67.5 Å². The van der Waals surface area contributed by atoms with E-state index < -0.39 is 17.1 Å². The number of rotatable bonds is 4. The first kappa shape index (κ1) is 15.5. The van der Waals surface area contributed by atoms with Gasteiger partial charge in [-0.05, 0) is 12.6 Å². The smallest absolute Gasteiger partial charge is 0.423 e. The maximum Gasteiger partial charge on any atom is 0.489 e. The Morgan fingerprint density at radius 2 is 1.75 bits per heavy atom. The minimum Gasteiger partial charge on any atom is -0.423 e. The molecule has 0 amide bonds. The van der Waals surface area contributed by atoms with Crippen molar-refractivity contribution >= 4 is 22.6 Å². The van der Waals surface area contributed by atoms with E-state index in [2.05, 4.69) is 4.90 Å². The second kappa shape index (κ2) is 6.23. The van der Waals surface area contributed by atoms with Gasteiger partial charge >= 0.3 is 7.12 Å². The Hall–Kier alpha value is -0.925. The summed E-state index contributed by atoms with van der Waals surface area (Å²) >= 11 is 0. The van der Waals surface area contributed by atoms with Crippen molar-refractivity contribution in [1.29, 1.82) is 0 Å². The van der Waals surface area contributed by atoms with E-state index in [4.69, 9.17) is 0 Å². The van der Waals surface area contributed by atoms with Crippen molar-refractivity contribution < 1.29 is 18.5 Å². The second-order valence-corrected chi connectivity index (χ2v) is 6.66. The minimum absolute atomic E-state index is 0.0189. The monoisotopic (exact) mass is 298 g/mol. The van der Waals surface area contributed by atoms with Crippen molar-refractivity contribution in [2.75, 3.05) is 32.7 Å². The van der Waals surface area contributed by atoms with Crippen molar-refractivity contribution in [1.82, 2.24) is 9.21 Å². The van der Waals surface area contributed by atoms with Crippen LogP contribution in [0.5, 0.6) is 0 Å². The van der Waals surface area contributed by atoms with Crippen LogP contribution in [0.25, 0.3) is 0 Å². The largest absolute Gasteiger partial charge is 0.489 e. The molecule has 1 heterocycles. The predicted molar refractivity (Wildman–Crippen MR) is 77.1 cm³/mol. The molecular weight excluding hydrogens is 279 g/mol. The van der Waals surface area contributed by atoms with E-state index in [1.165, 1.54) is 16.4 Å². The third-order valence-corrected chi connectivity index (χ3v) is 5.57. The lowest BCUT2D eigenvalue weighted by molar-refractivity contribution is 0.196. The second-order valence-electron chi connectivity index (χ2n) is 4.75. The van der Waals surface area contributed by atoms with Gasteiger partial charge in [0.25, 0.3) is 0 Å². The molecule has 1 fully saturated rings. The van der Waals surface area contributed by atoms with E-state index in [0.29, 0.717) is 26.2 Å². The molecule has 0 bridgehead atoms. The van der Waals surface area contributed by atoms with Gasteiger partial charge < -0.3 is 14.9 Å². The van der Waals surface area contributed by atoms with Crippen LogP contribution in [0.4, 0.5) is 0 Å². The molecule has 1 saturated heterocycles. The van der Waals surface area contributed by atoms with Crippen LogP contribution in [0.2, 0.25) is 0 Å². The molecule has 2 rings (SSSR count). The lowest BCUT2D eigenvalue weighted by Crippen LogP contribution is -2.49. The number of benzene rings is 1. The van der Waals surface area contributed by atoms with Gasteiger partial charge in [-0.2, -0.15) is 4.31 Å². The van der Waals surface area contributed by atoms with Gasteiger partial charge in [-0.15, -0.1) is 0 Å². The quantitative estimate of drug-likeness (QED) is 0.675. The minimum atomic E-state index is -3.68. The SMILES string of the molecule is CCN1CCN(S(=O)(=O)c2ccccc2B(O)O)CC1. The lowest BCUT2D eigenvalue weighted by Gasteiger charge is -2.33. The van der Waals surface area contributed by atoms with Crippen LogP contribution >= 0.6 is 0 Å². The average molecular weight is 298 g/mol. The lowest BCUT2D eigenvalue weighted by atomic mass is 9.80. The molecule has 110 valence electrons. The molecule has 0 aromatic heterocycles. The maximum absolute atomic E-state index is 12.6. The normalized spacial score (nSPS) is 18.1. The van der Waals surface area contributed by atoms with Crippen LogP contribution < -0.4 is 5.46 Å². The average Bonchev–Trinajstić information content (AvgIpc) is 2.47. The number of hydrogen-bond acceptors (Lipinski definition) is 5. The number of likely N-dealkylation sites (N-methyl/N-ethyl adjacent to an activating group) is 1. The standard InChI is InChI=1S/C12H19BN2O4S/c1-2-14-7-9-15(10-8-14)20(18,19)12-6-4-3-5-11(12)13(16)17/h3-6,16-17H,2,7-10H2,1H3. The van der Waals surface area contributed by atoms with Crippen molar-refractivity contribution in [3.8, 4) is 0 Å². The fourth-order valence-corrected chi connectivity index (χ4v) is 4.00. The first-order chi connectivity index (χ1) is 9.46. The van der Waals surface area contributed by atoms with Gasteiger partial charge in [-0.3, -0.25) is 0 Å². The van der Waals surface area contributed by atoms with Crippen molar-refractivity contribution in [2.24, 2.45) is 0 Å². The first-order valence-electron chi connectivity index (χ1n) is 6.64. The Bertz CT molecular complexity index is 556. The van der Waals surface area contributed by atoms with E-state index in [0.717, 1.165) is 6.54 Å². The van der Waals surface area contributed by atoms with Crippen molar-refractivity contribution in [3.05, 3.63) is 24.3 Å². The molecule has 1 aromatic rings. The van der Waals surface area contributed by atoms with Gasteiger partial charge in [0.15, 0.2) is 0 Å². The van der Waals surface area contributed by atoms with Crippen molar-refractivity contribution in [3.63, 3.8) is 0 Å². The molecule has 1 aromatic carbocycles. The van der Waals surface area contributed by atoms with E-state index >= 15 is 0 Å².